The third kappa shape index (κ3) is 5.22. The number of carbonyl (C=O) groups is 3. The number of aryl methyl sites for hydroxylation is 1. The van der Waals surface area contributed by atoms with Gasteiger partial charge in [0.1, 0.15) is 0 Å². The second kappa shape index (κ2) is 10.5. The fraction of sp³-hybridized carbons (Fsp3) is 0.259. The summed E-state index contributed by atoms with van der Waals surface area (Å²) in [5, 5.41) is 20.3. The number of pyridine rings is 1. The molecule has 0 saturated heterocycles. The Labute approximate surface area is 202 Å². The molecular formula is C27H26N2O6. The van der Waals surface area contributed by atoms with Crippen LogP contribution in [0.5, 0.6) is 5.88 Å². The van der Waals surface area contributed by atoms with Crippen LogP contribution in [0.15, 0.2) is 66.9 Å². The van der Waals surface area contributed by atoms with Crippen molar-refractivity contribution in [3.8, 4) is 17.0 Å². The van der Waals surface area contributed by atoms with Crippen LogP contribution < -0.4 is 4.74 Å². The van der Waals surface area contributed by atoms with Gasteiger partial charge in [0, 0.05) is 24.4 Å². The minimum atomic E-state index is -1.16. The van der Waals surface area contributed by atoms with E-state index in [1.165, 1.54) is 0 Å². The summed E-state index contributed by atoms with van der Waals surface area (Å²) < 4.78 is 5.07. The van der Waals surface area contributed by atoms with Gasteiger partial charge < -0.3 is 14.9 Å². The van der Waals surface area contributed by atoms with Crippen molar-refractivity contribution < 1.29 is 29.3 Å². The van der Waals surface area contributed by atoms with Gasteiger partial charge in [0.15, 0.2) is 0 Å². The molecule has 0 spiro atoms. The SMILES string of the molecule is COc1ccc(-c2ccc(CCC(O)[C@@H](CCN3C(=O)c4ccccc4C3=O)C(=O)O)cc2)cn1. The predicted octanol–water partition coefficient (Wildman–Crippen LogP) is 3.44. The zero-order valence-electron chi connectivity index (χ0n) is 19.3. The Balaban J connectivity index is 1.33. The number of hydrogen-bond acceptors (Lipinski definition) is 6. The van der Waals surface area contributed by atoms with Crippen LogP contribution in [0.2, 0.25) is 0 Å². The highest BCUT2D eigenvalue weighted by Gasteiger charge is 2.36. The van der Waals surface area contributed by atoms with Crippen molar-refractivity contribution in [2.24, 2.45) is 5.92 Å². The third-order valence-electron chi connectivity index (χ3n) is 6.29. The Bertz CT molecular complexity index is 1190. The van der Waals surface area contributed by atoms with E-state index in [0.29, 0.717) is 23.4 Å². The number of carboxylic acid groups (broad SMARTS) is 1. The fourth-order valence-electron chi connectivity index (χ4n) is 4.24. The molecule has 1 aromatic heterocycles. The molecule has 2 atom stereocenters. The van der Waals surface area contributed by atoms with E-state index in [9.17, 15) is 24.6 Å². The summed E-state index contributed by atoms with van der Waals surface area (Å²) in [4.78, 5) is 42.1. The number of aliphatic carboxylic acids is 1. The molecular weight excluding hydrogens is 448 g/mol. The van der Waals surface area contributed by atoms with Crippen molar-refractivity contribution in [1.82, 2.24) is 9.88 Å². The number of aliphatic hydroxyl groups is 1. The summed E-state index contributed by atoms with van der Waals surface area (Å²) in [6.45, 7) is -0.0645. The van der Waals surface area contributed by atoms with Crippen molar-refractivity contribution in [3.63, 3.8) is 0 Å². The molecule has 0 aliphatic carbocycles. The van der Waals surface area contributed by atoms with Crippen LogP contribution in [0.1, 0.15) is 39.1 Å². The molecule has 1 unspecified atom stereocenters. The zero-order valence-corrected chi connectivity index (χ0v) is 19.3. The van der Waals surface area contributed by atoms with Gasteiger partial charge in [-0.2, -0.15) is 0 Å². The van der Waals surface area contributed by atoms with Gasteiger partial charge in [0.25, 0.3) is 11.8 Å². The number of carbonyl (C=O) groups excluding carboxylic acids is 2. The molecule has 3 aromatic rings. The lowest BCUT2D eigenvalue weighted by atomic mass is 9.93. The number of ether oxygens (including phenoxy) is 1. The quantitative estimate of drug-likeness (QED) is 0.432. The molecule has 1 aliphatic heterocycles. The summed E-state index contributed by atoms with van der Waals surface area (Å²) in [5.74, 6) is -2.58. The molecule has 2 N–H and O–H groups in total. The van der Waals surface area contributed by atoms with E-state index < -0.39 is 29.8 Å². The van der Waals surface area contributed by atoms with Gasteiger partial charge in [0.2, 0.25) is 5.88 Å². The smallest absolute Gasteiger partial charge is 0.309 e. The van der Waals surface area contributed by atoms with E-state index in [0.717, 1.165) is 21.6 Å². The number of rotatable bonds is 10. The van der Waals surface area contributed by atoms with Crippen molar-refractivity contribution in [1.29, 1.82) is 0 Å². The molecule has 180 valence electrons. The number of hydrogen-bond donors (Lipinski definition) is 2. The summed E-state index contributed by atoms with van der Waals surface area (Å²) in [6.07, 6.45) is 1.31. The Hall–Kier alpha value is -4.04. The molecule has 0 radical (unpaired) electrons. The van der Waals surface area contributed by atoms with Crippen molar-refractivity contribution >= 4 is 17.8 Å². The van der Waals surface area contributed by atoms with Crippen molar-refractivity contribution in [3.05, 3.63) is 83.6 Å². The molecule has 35 heavy (non-hydrogen) atoms. The maximum atomic E-state index is 12.5. The topological polar surface area (TPSA) is 117 Å². The molecule has 2 heterocycles. The molecule has 2 amide bonds. The highest BCUT2D eigenvalue weighted by molar-refractivity contribution is 6.21. The largest absolute Gasteiger partial charge is 0.481 e. The maximum Gasteiger partial charge on any atom is 0.309 e. The van der Waals surface area contributed by atoms with Gasteiger partial charge in [-0.15, -0.1) is 0 Å². The lowest BCUT2D eigenvalue weighted by Crippen LogP contribution is -2.36. The van der Waals surface area contributed by atoms with Gasteiger partial charge in [-0.05, 0) is 48.6 Å². The summed E-state index contributed by atoms with van der Waals surface area (Å²) in [5.41, 5.74) is 3.52. The molecule has 0 saturated carbocycles. The van der Waals surface area contributed by atoms with Gasteiger partial charge in [-0.3, -0.25) is 19.3 Å². The summed E-state index contributed by atoms with van der Waals surface area (Å²) in [6, 6.07) is 18.0. The number of amides is 2. The number of fused-ring (bicyclic) bond motifs is 1. The summed E-state index contributed by atoms with van der Waals surface area (Å²) >= 11 is 0. The van der Waals surface area contributed by atoms with Gasteiger partial charge >= 0.3 is 5.97 Å². The monoisotopic (exact) mass is 474 g/mol. The van der Waals surface area contributed by atoms with Crippen LogP contribution in [-0.2, 0) is 11.2 Å². The Kier molecular flexibility index (Phi) is 7.22. The van der Waals surface area contributed by atoms with E-state index >= 15 is 0 Å². The molecule has 0 bridgehead atoms. The second-order valence-corrected chi connectivity index (χ2v) is 8.43. The molecule has 1 aliphatic rings. The number of benzene rings is 2. The molecule has 8 heteroatoms. The number of imide groups is 1. The standard InChI is InChI=1S/C27H26N2O6/c1-35-24-13-11-19(16-28-24)18-9-6-17(7-10-18)8-12-23(30)22(27(33)34)14-15-29-25(31)20-4-2-3-5-21(20)26(29)32/h2-7,9-11,13,16,22-23,30H,8,12,14-15H2,1H3,(H,33,34)/t22-,23?/m1/s1. The fourth-order valence-corrected chi connectivity index (χ4v) is 4.24. The van der Waals surface area contributed by atoms with Crippen LogP contribution >= 0.6 is 0 Å². The average Bonchev–Trinajstić information content (AvgIpc) is 3.12. The molecule has 4 rings (SSSR count). The Morgan fingerprint density at radius 3 is 2.11 bits per heavy atom. The molecule has 8 nitrogen and oxygen atoms in total. The van der Waals surface area contributed by atoms with Crippen molar-refractivity contribution in [2.75, 3.05) is 13.7 Å². The zero-order chi connectivity index (χ0) is 24.9. The first kappa shape index (κ1) is 24.1. The minimum absolute atomic E-state index is 0.0224. The first-order valence-corrected chi connectivity index (χ1v) is 11.3. The Morgan fingerprint density at radius 1 is 0.943 bits per heavy atom. The number of aliphatic hydroxyl groups excluding tert-OH is 1. The van der Waals surface area contributed by atoms with Gasteiger partial charge in [0.05, 0.1) is 30.3 Å². The minimum Gasteiger partial charge on any atom is -0.481 e. The number of nitrogens with zero attached hydrogens (tertiary/aromatic N) is 2. The van der Waals surface area contributed by atoms with E-state index in [1.807, 2.05) is 30.3 Å². The second-order valence-electron chi connectivity index (χ2n) is 8.43. The Morgan fingerprint density at radius 2 is 1.57 bits per heavy atom. The highest BCUT2D eigenvalue weighted by atomic mass is 16.5. The lowest BCUT2D eigenvalue weighted by Gasteiger charge is -2.22. The first-order chi connectivity index (χ1) is 16.9. The van der Waals surface area contributed by atoms with Crippen LogP contribution in [0, 0.1) is 5.92 Å². The maximum absolute atomic E-state index is 12.5. The van der Waals surface area contributed by atoms with Crippen LogP contribution in [-0.4, -0.2) is 57.6 Å². The number of carboxylic acids is 1. The van der Waals surface area contributed by atoms with E-state index in [-0.39, 0.29) is 19.4 Å². The number of methoxy groups -OCH3 is 1. The first-order valence-electron chi connectivity index (χ1n) is 11.3. The van der Waals surface area contributed by atoms with E-state index in [4.69, 9.17) is 4.74 Å². The normalized spacial score (nSPS) is 14.5. The average molecular weight is 475 g/mol. The van der Waals surface area contributed by atoms with Crippen LogP contribution in [0.4, 0.5) is 0 Å². The van der Waals surface area contributed by atoms with Crippen LogP contribution in [0.25, 0.3) is 11.1 Å². The summed E-state index contributed by atoms with van der Waals surface area (Å²) in [7, 11) is 1.56. The van der Waals surface area contributed by atoms with Crippen molar-refractivity contribution in [2.45, 2.75) is 25.4 Å². The van der Waals surface area contributed by atoms with Crippen LogP contribution in [0.3, 0.4) is 0 Å². The third-order valence-corrected chi connectivity index (χ3v) is 6.29. The lowest BCUT2D eigenvalue weighted by molar-refractivity contribution is -0.146. The number of aromatic nitrogens is 1. The van der Waals surface area contributed by atoms with E-state index in [1.54, 1.807) is 43.6 Å². The highest BCUT2D eigenvalue weighted by Crippen LogP contribution is 2.25. The van der Waals surface area contributed by atoms with Gasteiger partial charge in [-0.25, -0.2) is 4.98 Å². The predicted molar refractivity (Wildman–Crippen MR) is 128 cm³/mol. The molecule has 0 fully saturated rings. The molecule has 2 aromatic carbocycles. The van der Waals surface area contributed by atoms with E-state index in [2.05, 4.69) is 4.98 Å². The van der Waals surface area contributed by atoms with Gasteiger partial charge in [-0.1, -0.05) is 36.4 Å².